The lowest BCUT2D eigenvalue weighted by Gasteiger charge is -2.04. The smallest absolute Gasteiger partial charge is 0.280 e. The minimum atomic E-state index is -0.514. The van der Waals surface area contributed by atoms with Crippen LogP contribution in [0.25, 0.3) is 11.6 Å². The van der Waals surface area contributed by atoms with Crippen LogP contribution in [0, 0.1) is 10.1 Å². The highest BCUT2D eigenvalue weighted by atomic mass is 32.2. The van der Waals surface area contributed by atoms with E-state index in [1.165, 1.54) is 47.0 Å². The van der Waals surface area contributed by atoms with Gasteiger partial charge < -0.3 is 4.42 Å². The van der Waals surface area contributed by atoms with Crippen LogP contribution in [0.1, 0.15) is 15.9 Å². The lowest BCUT2D eigenvalue weighted by molar-refractivity contribution is -0.384. The molecule has 9 heteroatoms. The summed E-state index contributed by atoms with van der Waals surface area (Å²) in [4.78, 5) is 27.8. The lowest BCUT2D eigenvalue weighted by Crippen LogP contribution is -2.15. The fourth-order valence-electron chi connectivity index (χ4n) is 2.60. The van der Waals surface area contributed by atoms with E-state index < -0.39 is 10.8 Å². The number of nitro groups is 1. The Hall–Kier alpha value is -3.72. The molecule has 0 unspecified atom stereocenters. The molecule has 4 aromatic rings. The molecule has 0 spiro atoms. The molecule has 0 atom stereocenters. The molecular formula is C20H14N4O4S. The summed E-state index contributed by atoms with van der Waals surface area (Å²) in [5.41, 5.74) is 1.26. The van der Waals surface area contributed by atoms with Crippen LogP contribution in [0.5, 0.6) is 0 Å². The van der Waals surface area contributed by atoms with Crippen molar-refractivity contribution < 1.29 is 14.1 Å². The number of aromatic nitrogens is 3. The standard InChI is InChI=1S/C20H14N4O4S/c25-19(15-8-10-16(11-9-15)24(26)27)23-20(29-13-14-5-2-1-3-6-14)21-18(22-23)17-7-4-12-28-17/h1-12H,13H2. The highest BCUT2D eigenvalue weighted by molar-refractivity contribution is 7.98. The summed E-state index contributed by atoms with van der Waals surface area (Å²) in [5.74, 6) is 0.911. The van der Waals surface area contributed by atoms with Crippen LogP contribution in [-0.2, 0) is 5.75 Å². The van der Waals surface area contributed by atoms with Gasteiger partial charge in [0.15, 0.2) is 10.9 Å². The first kappa shape index (κ1) is 18.6. The van der Waals surface area contributed by atoms with E-state index in [0.29, 0.717) is 22.5 Å². The van der Waals surface area contributed by atoms with E-state index in [2.05, 4.69) is 10.1 Å². The molecule has 0 fully saturated rings. The number of thioether (sulfide) groups is 1. The number of benzene rings is 2. The monoisotopic (exact) mass is 406 g/mol. The van der Waals surface area contributed by atoms with Gasteiger partial charge in [0.05, 0.1) is 11.2 Å². The molecule has 0 amide bonds. The summed E-state index contributed by atoms with van der Waals surface area (Å²) in [6, 6.07) is 18.6. The first-order chi connectivity index (χ1) is 14.1. The number of nitrogens with zero attached hydrogens (tertiary/aromatic N) is 4. The quantitative estimate of drug-likeness (QED) is 0.265. The molecule has 0 bridgehead atoms. The van der Waals surface area contributed by atoms with Crippen molar-refractivity contribution >= 4 is 23.4 Å². The van der Waals surface area contributed by atoms with Gasteiger partial charge in [-0.25, -0.2) is 0 Å². The second-order valence-electron chi connectivity index (χ2n) is 5.99. The molecule has 4 rings (SSSR count). The molecule has 8 nitrogen and oxygen atoms in total. The van der Waals surface area contributed by atoms with E-state index >= 15 is 0 Å². The molecule has 0 radical (unpaired) electrons. The second-order valence-corrected chi connectivity index (χ2v) is 6.93. The van der Waals surface area contributed by atoms with Gasteiger partial charge in [0.2, 0.25) is 5.82 Å². The van der Waals surface area contributed by atoms with Crippen molar-refractivity contribution in [1.82, 2.24) is 14.8 Å². The average molecular weight is 406 g/mol. The molecule has 0 saturated carbocycles. The zero-order chi connectivity index (χ0) is 20.2. The first-order valence-corrected chi connectivity index (χ1v) is 9.57. The summed E-state index contributed by atoms with van der Waals surface area (Å²) in [6.07, 6.45) is 1.50. The number of carbonyl (C=O) groups is 1. The van der Waals surface area contributed by atoms with Crippen molar-refractivity contribution in [3.63, 3.8) is 0 Å². The molecular weight excluding hydrogens is 392 g/mol. The molecule has 0 aliphatic rings. The minimum absolute atomic E-state index is 0.0879. The zero-order valence-electron chi connectivity index (χ0n) is 15.0. The zero-order valence-corrected chi connectivity index (χ0v) is 15.8. The third-order valence-corrected chi connectivity index (χ3v) is 5.05. The third-order valence-electron chi connectivity index (χ3n) is 4.05. The van der Waals surface area contributed by atoms with Gasteiger partial charge in [-0.15, -0.1) is 5.10 Å². The SMILES string of the molecule is O=C(c1ccc([N+](=O)[O-])cc1)n1nc(-c2ccco2)nc1SCc1ccccc1. The normalized spacial score (nSPS) is 10.8. The van der Waals surface area contributed by atoms with E-state index in [1.54, 1.807) is 12.1 Å². The molecule has 144 valence electrons. The Bertz CT molecular complexity index is 1140. The maximum atomic E-state index is 13.0. The Morgan fingerprint density at radius 1 is 1.07 bits per heavy atom. The van der Waals surface area contributed by atoms with Crippen LogP contribution in [0.4, 0.5) is 5.69 Å². The lowest BCUT2D eigenvalue weighted by atomic mass is 10.2. The van der Waals surface area contributed by atoms with E-state index in [1.807, 2.05) is 30.3 Å². The second kappa shape index (κ2) is 8.11. The van der Waals surface area contributed by atoms with Gasteiger partial charge in [-0.2, -0.15) is 9.67 Å². The average Bonchev–Trinajstić information content (AvgIpc) is 3.42. The van der Waals surface area contributed by atoms with E-state index in [-0.39, 0.29) is 11.3 Å². The van der Waals surface area contributed by atoms with Crippen LogP contribution in [0.2, 0.25) is 0 Å². The van der Waals surface area contributed by atoms with Crippen LogP contribution < -0.4 is 0 Å². The van der Waals surface area contributed by atoms with Crippen LogP contribution in [-0.4, -0.2) is 25.6 Å². The Balaban J connectivity index is 1.66. The fourth-order valence-corrected chi connectivity index (χ4v) is 3.49. The molecule has 0 N–H and O–H groups in total. The maximum Gasteiger partial charge on any atom is 0.280 e. The number of hydrogen-bond donors (Lipinski definition) is 0. The summed E-state index contributed by atoms with van der Waals surface area (Å²) in [6.45, 7) is 0. The third kappa shape index (κ3) is 4.09. The van der Waals surface area contributed by atoms with Crippen molar-refractivity contribution in [1.29, 1.82) is 0 Å². The molecule has 2 aromatic carbocycles. The highest BCUT2D eigenvalue weighted by Crippen LogP contribution is 2.26. The van der Waals surface area contributed by atoms with Crippen LogP contribution in [0.3, 0.4) is 0 Å². The topological polar surface area (TPSA) is 104 Å². The Morgan fingerprint density at radius 2 is 1.83 bits per heavy atom. The first-order valence-electron chi connectivity index (χ1n) is 8.58. The Kier molecular flexibility index (Phi) is 5.21. The van der Waals surface area contributed by atoms with E-state index in [0.717, 1.165) is 5.56 Å². The van der Waals surface area contributed by atoms with Gasteiger partial charge in [0.25, 0.3) is 11.6 Å². The highest BCUT2D eigenvalue weighted by Gasteiger charge is 2.21. The van der Waals surface area contributed by atoms with Gasteiger partial charge in [-0.05, 0) is 29.8 Å². The Morgan fingerprint density at radius 3 is 2.48 bits per heavy atom. The number of nitro benzene ring substituents is 1. The summed E-state index contributed by atoms with van der Waals surface area (Å²) in [7, 11) is 0. The molecule has 2 heterocycles. The number of rotatable bonds is 6. The Labute approximate surface area is 169 Å². The van der Waals surface area contributed by atoms with Crippen molar-refractivity contribution in [2.45, 2.75) is 10.9 Å². The van der Waals surface area contributed by atoms with Gasteiger partial charge >= 0.3 is 0 Å². The van der Waals surface area contributed by atoms with Gasteiger partial charge in [-0.3, -0.25) is 14.9 Å². The van der Waals surface area contributed by atoms with Crippen LogP contribution in [0.15, 0.2) is 82.6 Å². The molecule has 29 heavy (non-hydrogen) atoms. The summed E-state index contributed by atoms with van der Waals surface area (Å²) in [5, 5.41) is 15.6. The van der Waals surface area contributed by atoms with Gasteiger partial charge in [0.1, 0.15) is 0 Å². The van der Waals surface area contributed by atoms with Crippen molar-refractivity contribution in [3.05, 3.63) is 94.2 Å². The predicted molar refractivity (Wildman–Crippen MR) is 107 cm³/mol. The molecule has 0 aliphatic carbocycles. The maximum absolute atomic E-state index is 13.0. The largest absolute Gasteiger partial charge is 0.461 e. The number of non-ortho nitro benzene ring substituents is 1. The minimum Gasteiger partial charge on any atom is -0.461 e. The van der Waals surface area contributed by atoms with Crippen molar-refractivity contribution in [3.8, 4) is 11.6 Å². The number of furan rings is 1. The van der Waals surface area contributed by atoms with Crippen LogP contribution >= 0.6 is 11.8 Å². The van der Waals surface area contributed by atoms with Crippen molar-refractivity contribution in [2.75, 3.05) is 0 Å². The van der Waals surface area contributed by atoms with Crippen molar-refractivity contribution in [2.24, 2.45) is 0 Å². The number of carbonyl (C=O) groups excluding carboxylic acids is 1. The van der Waals surface area contributed by atoms with Gasteiger partial charge in [0, 0.05) is 23.4 Å². The number of hydrogen-bond acceptors (Lipinski definition) is 7. The molecule has 0 saturated heterocycles. The predicted octanol–water partition coefficient (Wildman–Crippen LogP) is 4.43. The summed E-state index contributed by atoms with van der Waals surface area (Å²) >= 11 is 1.37. The van der Waals surface area contributed by atoms with E-state index in [4.69, 9.17) is 4.42 Å². The summed E-state index contributed by atoms with van der Waals surface area (Å²) < 4.78 is 6.55. The van der Waals surface area contributed by atoms with E-state index in [9.17, 15) is 14.9 Å². The fraction of sp³-hybridized carbons (Fsp3) is 0.0500. The van der Waals surface area contributed by atoms with Gasteiger partial charge in [-0.1, -0.05) is 42.1 Å². The molecule has 0 aliphatic heterocycles. The molecule has 2 aromatic heterocycles.